The maximum absolute atomic E-state index is 13.2. The van der Waals surface area contributed by atoms with Crippen molar-refractivity contribution in [2.24, 2.45) is 0 Å². The molecule has 1 atom stereocenters. The Bertz CT molecular complexity index is 882. The molecule has 0 radical (unpaired) electrons. The Morgan fingerprint density at radius 2 is 1.96 bits per heavy atom. The molecule has 1 aliphatic rings. The topological polar surface area (TPSA) is 67.3 Å². The molecule has 0 saturated carbocycles. The number of ether oxygens (including phenoxy) is 1. The van der Waals surface area contributed by atoms with Crippen LogP contribution < -0.4 is 15.0 Å². The summed E-state index contributed by atoms with van der Waals surface area (Å²) in [5.41, 5.74) is 2.77. The summed E-state index contributed by atoms with van der Waals surface area (Å²) < 4.78 is 9.38. The molecule has 4 rings (SSSR count). The number of methoxy groups -OCH3 is 1. The number of carbonyl (C=O) groups is 1. The Morgan fingerprint density at radius 3 is 2.75 bits per heavy atom. The average Bonchev–Trinajstić information content (AvgIpc) is 3.16. The van der Waals surface area contributed by atoms with Gasteiger partial charge in [-0.25, -0.2) is 0 Å². The Kier molecular flexibility index (Phi) is 3.62. The fourth-order valence-electron chi connectivity index (χ4n) is 2.83. The van der Waals surface area contributed by atoms with E-state index in [1.54, 1.807) is 12.0 Å². The number of fused-ring (bicyclic) bond motifs is 1. The summed E-state index contributed by atoms with van der Waals surface area (Å²) in [6.07, 6.45) is -0.442. The van der Waals surface area contributed by atoms with Gasteiger partial charge in [-0.15, -0.1) is 5.10 Å². The molecule has 120 valence electrons. The molecular weight excluding hydrogens is 324 g/mol. The van der Waals surface area contributed by atoms with Crippen LogP contribution in [0.3, 0.4) is 0 Å². The Hall–Kier alpha value is -2.93. The fraction of sp³-hybridized carbons (Fsp3) is 0.118. The second kappa shape index (κ2) is 5.93. The lowest BCUT2D eigenvalue weighted by Gasteiger charge is -2.37. The van der Waals surface area contributed by atoms with Crippen LogP contribution in [0.1, 0.15) is 22.2 Å². The van der Waals surface area contributed by atoms with Gasteiger partial charge in [0.1, 0.15) is 11.4 Å². The van der Waals surface area contributed by atoms with Crippen molar-refractivity contribution in [1.29, 1.82) is 0 Å². The van der Waals surface area contributed by atoms with Gasteiger partial charge in [-0.1, -0.05) is 28.8 Å². The lowest BCUT2D eigenvalue weighted by molar-refractivity contribution is 0.0973. The SMILES string of the molecule is COc1ccccc1N1C(=O)c2ccccc2N[C@H]1c1csnn1. The first-order valence-corrected chi connectivity index (χ1v) is 8.22. The summed E-state index contributed by atoms with van der Waals surface area (Å²) >= 11 is 1.25. The number of hydrogen-bond acceptors (Lipinski definition) is 6. The van der Waals surface area contributed by atoms with E-state index in [4.69, 9.17) is 4.74 Å². The van der Waals surface area contributed by atoms with E-state index in [9.17, 15) is 4.79 Å². The van der Waals surface area contributed by atoms with E-state index >= 15 is 0 Å². The highest BCUT2D eigenvalue weighted by Gasteiger charge is 2.36. The second-order valence-corrected chi connectivity index (χ2v) is 5.88. The molecule has 0 aliphatic carbocycles. The van der Waals surface area contributed by atoms with Crippen molar-refractivity contribution in [2.75, 3.05) is 17.3 Å². The number of nitrogens with zero attached hydrogens (tertiary/aromatic N) is 3. The van der Waals surface area contributed by atoms with Crippen LogP contribution in [0, 0.1) is 0 Å². The molecule has 0 spiro atoms. The zero-order valence-electron chi connectivity index (χ0n) is 12.8. The van der Waals surface area contributed by atoms with Crippen LogP contribution in [0.2, 0.25) is 0 Å². The second-order valence-electron chi connectivity index (χ2n) is 5.27. The van der Waals surface area contributed by atoms with E-state index in [-0.39, 0.29) is 5.91 Å². The van der Waals surface area contributed by atoms with Crippen LogP contribution in [-0.2, 0) is 0 Å². The number of amides is 1. The number of para-hydroxylation sites is 3. The summed E-state index contributed by atoms with van der Waals surface area (Å²) in [7, 11) is 1.59. The average molecular weight is 338 g/mol. The normalized spacial score (nSPS) is 16.5. The minimum Gasteiger partial charge on any atom is -0.495 e. The largest absolute Gasteiger partial charge is 0.495 e. The van der Waals surface area contributed by atoms with Gasteiger partial charge in [-0.05, 0) is 35.8 Å². The monoisotopic (exact) mass is 338 g/mol. The molecule has 24 heavy (non-hydrogen) atoms. The molecule has 3 aromatic rings. The minimum absolute atomic E-state index is 0.105. The molecule has 1 amide bonds. The number of rotatable bonds is 3. The van der Waals surface area contributed by atoms with Crippen molar-refractivity contribution in [1.82, 2.24) is 9.59 Å². The summed E-state index contributed by atoms with van der Waals surface area (Å²) in [4.78, 5) is 14.8. The van der Waals surface area contributed by atoms with E-state index in [2.05, 4.69) is 14.9 Å². The number of anilines is 2. The quantitative estimate of drug-likeness (QED) is 0.793. The van der Waals surface area contributed by atoms with Crippen molar-refractivity contribution in [3.8, 4) is 5.75 Å². The lowest BCUT2D eigenvalue weighted by Crippen LogP contribution is -2.43. The maximum Gasteiger partial charge on any atom is 0.262 e. The van der Waals surface area contributed by atoms with E-state index in [0.717, 1.165) is 5.69 Å². The molecule has 0 unspecified atom stereocenters. The van der Waals surface area contributed by atoms with Gasteiger partial charge in [-0.2, -0.15) is 0 Å². The summed E-state index contributed by atoms with van der Waals surface area (Å²) in [6, 6.07) is 14.9. The molecule has 1 aliphatic heterocycles. The van der Waals surface area contributed by atoms with Gasteiger partial charge in [0, 0.05) is 11.1 Å². The van der Waals surface area contributed by atoms with Crippen LogP contribution >= 0.6 is 11.5 Å². The van der Waals surface area contributed by atoms with Gasteiger partial charge in [0.15, 0.2) is 6.17 Å². The molecule has 0 bridgehead atoms. The van der Waals surface area contributed by atoms with E-state index in [1.807, 2.05) is 53.9 Å². The highest BCUT2D eigenvalue weighted by Crippen LogP contribution is 2.39. The predicted octanol–water partition coefficient (Wildman–Crippen LogP) is 3.32. The predicted molar refractivity (Wildman–Crippen MR) is 92.5 cm³/mol. The zero-order chi connectivity index (χ0) is 16.5. The fourth-order valence-corrected chi connectivity index (χ4v) is 3.30. The van der Waals surface area contributed by atoms with Crippen LogP contribution in [0.4, 0.5) is 11.4 Å². The zero-order valence-corrected chi connectivity index (χ0v) is 13.7. The lowest BCUT2D eigenvalue weighted by atomic mass is 10.1. The Labute approximate surface area is 142 Å². The third-order valence-corrected chi connectivity index (χ3v) is 4.45. The van der Waals surface area contributed by atoms with Crippen molar-refractivity contribution in [2.45, 2.75) is 6.17 Å². The number of benzene rings is 2. The molecule has 0 saturated heterocycles. The van der Waals surface area contributed by atoms with E-state index in [1.165, 1.54) is 11.5 Å². The van der Waals surface area contributed by atoms with Crippen LogP contribution in [-0.4, -0.2) is 22.6 Å². The summed E-state index contributed by atoms with van der Waals surface area (Å²) in [6.45, 7) is 0. The van der Waals surface area contributed by atoms with Gasteiger partial charge in [0.25, 0.3) is 5.91 Å². The van der Waals surface area contributed by atoms with Crippen molar-refractivity contribution in [3.05, 3.63) is 65.2 Å². The highest BCUT2D eigenvalue weighted by atomic mass is 32.1. The number of aromatic nitrogens is 2. The number of hydrogen-bond donors (Lipinski definition) is 1. The molecular formula is C17H14N4O2S. The first-order chi connectivity index (χ1) is 11.8. The Morgan fingerprint density at radius 1 is 1.17 bits per heavy atom. The molecule has 7 heteroatoms. The standard InChI is InChI=1S/C17H14N4O2S/c1-23-15-9-5-4-8-14(15)21-16(13-10-24-20-19-13)18-12-7-3-2-6-11(12)17(21)22/h2-10,16,18H,1H3/t16-/m1/s1. The van der Waals surface area contributed by atoms with Crippen molar-refractivity contribution >= 4 is 28.8 Å². The molecule has 6 nitrogen and oxygen atoms in total. The molecule has 0 fully saturated rings. The molecule has 1 aromatic heterocycles. The highest BCUT2D eigenvalue weighted by molar-refractivity contribution is 7.03. The maximum atomic E-state index is 13.2. The molecule has 2 heterocycles. The number of carbonyl (C=O) groups excluding carboxylic acids is 1. The van der Waals surface area contributed by atoms with Crippen LogP contribution in [0.25, 0.3) is 0 Å². The minimum atomic E-state index is -0.442. The van der Waals surface area contributed by atoms with Crippen LogP contribution in [0.5, 0.6) is 5.75 Å². The summed E-state index contributed by atoms with van der Waals surface area (Å²) in [5, 5.41) is 9.37. The first kappa shape index (κ1) is 14.6. The van der Waals surface area contributed by atoms with Crippen molar-refractivity contribution in [3.63, 3.8) is 0 Å². The van der Waals surface area contributed by atoms with Gasteiger partial charge in [0.2, 0.25) is 0 Å². The Balaban J connectivity index is 1.89. The third kappa shape index (κ3) is 2.30. The van der Waals surface area contributed by atoms with Gasteiger partial charge in [0.05, 0.1) is 18.4 Å². The first-order valence-electron chi connectivity index (χ1n) is 7.38. The van der Waals surface area contributed by atoms with Gasteiger partial charge >= 0.3 is 0 Å². The molecule has 1 N–H and O–H groups in total. The van der Waals surface area contributed by atoms with Crippen molar-refractivity contribution < 1.29 is 9.53 Å². The van der Waals surface area contributed by atoms with Crippen LogP contribution in [0.15, 0.2) is 53.9 Å². The third-order valence-electron chi connectivity index (χ3n) is 3.93. The van der Waals surface area contributed by atoms with Gasteiger partial charge < -0.3 is 10.1 Å². The molecule has 2 aromatic carbocycles. The van der Waals surface area contributed by atoms with Gasteiger partial charge in [-0.3, -0.25) is 9.69 Å². The summed E-state index contributed by atoms with van der Waals surface area (Å²) in [5.74, 6) is 0.520. The number of nitrogens with one attached hydrogen (secondary N) is 1. The smallest absolute Gasteiger partial charge is 0.262 e. The van der Waals surface area contributed by atoms with E-state index in [0.29, 0.717) is 22.7 Å². The van der Waals surface area contributed by atoms with E-state index < -0.39 is 6.17 Å².